The molecule has 1 aliphatic heterocycles. The van der Waals surface area contributed by atoms with Crippen molar-refractivity contribution >= 4 is 12.0 Å². The molecule has 1 aromatic heterocycles. The highest BCUT2D eigenvalue weighted by molar-refractivity contribution is 5.86. The molecule has 0 aliphatic carbocycles. The van der Waals surface area contributed by atoms with Gasteiger partial charge >= 0.3 is 5.97 Å². The fourth-order valence-electron chi connectivity index (χ4n) is 2.81. The van der Waals surface area contributed by atoms with Gasteiger partial charge in [-0.15, -0.1) is 0 Å². The van der Waals surface area contributed by atoms with Crippen LogP contribution in [0.5, 0.6) is 0 Å². The lowest BCUT2D eigenvalue weighted by atomic mass is 9.74. The average Bonchev–Trinajstić information content (AvgIpc) is 3.27. The van der Waals surface area contributed by atoms with Crippen molar-refractivity contribution in [2.45, 2.75) is 52.4 Å². The maximum Gasteiger partial charge on any atom is 0.360 e. The van der Waals surface area contributed by atoms with Crippen LogP contribution in [0.4, 0.5) is 0 Å². The molecule has 1 saturated heterocycles. The molecule has 0 spiro atoms. The second-order valence-electron chi connectivity index (χ2n) is 7.69. The minimum atomic E-state index is -0.533. The highest BCUT2D eigenvalue weighted by atomic mass is 16.6. The van der Waals surface area contributed by atoms with Gasteiger partial charge < -0.3 is 19.0 Å². The quantitative estimate of drug-likeness (QED) is 0.272. The molecule has 0 bridgehead atoms. The van der Waals surface area contributed by atoms with E-state index in [2.05, 4.69) is 36.6 Å². The zero-order valence-corrected chi connectivity index (χ0v) is 17.7. The highest BCUT2D eigenvalue weighted by Crippen LogP contribution is 2.34. The van der Waals surface area contributed by atoms with Gasteiger partial charge in [0.1, 0.15) is 18.5 Å². The Labute approximate surface area is 172 Å². The monoisotopic (exact) mass is 401 g/mol. The van der Waals surface area contributed by atoms with Crippen molar-refractivity contribution in [2.75, 3.05) is 7.11 Å². The number of epoxide rings is 1. The first-order chi connectivity index (χ1) is 13.8. The van der Waals surface area contributed by atoms with Crippen molar-refractivity contribution < 1.29 is 23.8 Å². The Balaban J connectivity index is 1.75. The van der Waals surface area contributed by atoms with E-state index in [1.54, 1.807) is 12.2 Å². The Morgan fingerprint density at radius 3 is 2.76 bits per heavy atom. The highest BCUT2D eigenvalue weighted by Gasteiger charge is 2.34. The molecule has 1 fully saturated rings. The molecular weight excluding hydrogens is 370 g/mol. The van der Waals surface area contributed by atoms with E-state index in [-0.39, 0.29) is 23.3 Å². The zero-order chi connectivity index (χ0) is 21.4. The van der Waals surface area contributed by atoms with Crippen molar-refractivity contribution in [3.05, 3.63) is 60.4 Å². The number of esters is 1. The largest absolute Gasteiger partial charge is 0.464 e. The molecule has 2 heterocycles. The number of rotatable bonds is 10. The molecule has 6 nitrogen and oxygen atoms in total. The number of aliphatic hydroxyl groups is 1. The number of nitrogens with zero attached hydrogens (tertiary/aromatic N) is 1. The third-order valence-electron chi connectivity index (χ3n) is 5.33. The van der Waals surface area contributed by atoms with Crippen LogP contribution in [0.1, 0.15) is 50.5 Å². The van der Waals surface area contributed by atoms with Crippen LogP contribution in [-0.2, 0) is 9.47 Å². The summed E-state index contributed by atoms with van der Waals surface area (Å²) in [4.78, 5) is 15.3. The minimum absolute atomic E-state index is 0.0261. The first-order valence-corrected chi connectivity index (χ1v) is 9.81. The number of hydrogen-bond donors (Lipinski definition) is 1. The second-order valence-corrected chi connectivity index (χ2v) is 7.69. The fraction of sp³-hybridized carbons (Fsp3) is 0.478. The van der Waals surface area contributed by atoms with Crippen LogP contribution in [0.15, 0.2) is 53.2 Å². The van der Waals surface area contributed by atoms with Gasteiger partial charge in [0, 0.05) is 6.08 Å². The minimum Gasteiger partial charge on any atom is -0.464 e. The number of oxazole rings is 1. The molecule has 0 amide bonds. The average molecular weight is 402 g/mol. The lowest BCUT2D eigenvalue weighted by Crippen LogP contribution is -2.34. The Morgan fingerprint density at radius 2 is 2.07 bits per heavy atom. The molecular formula is C23H31NO5. The summed E-state index contributed by atoms with van der Waals surface area (Å²) in [6.07, 6.45) is 16.8. The first-order valence-electron chi connectivity index (χ1n) is 9.81. The summed E-state index contributed by atoms with van der Waals surface area (Å²) >= 11 is 0. The number of allylic oxidation sites excluding steroid dienone is 4. The topological polar surface area (TPSA) is 85.1 Å². The maximum atomic E-state index is 11.3. The van der Waals surface area contributed by atoms with Crippen molar-refractivity contribution in [2.24, 2.45) is 11.3 Å². The number of carbonyl (C=O) groups is 1. The molecule has 0 unspecified atom stereocenters. The fourth-order valence-corrected chi connectivity index (χ4v) is 2.81. The molecule has 1 N–H and O–H groups in total. The van der Waals surface area contributed by atoms with Crippen LogP contribution < -0.4 is 0 Å². The van der Waals surface area contributed by atoms with Gasteiger partial charge in [-0.2, -0.15) is 0 Å². The summed E-state index contributed by atoms with van der Waals surface area (Å²) in [5, 5.41) is 10.5. The Bertz CT molecular complexity index is 787. The predicted octanol–water partition coefficient (Wildman–Crippen LogP) is 4.34. The summed E-state index contributed by atoms with van der Waals surface area (Å²) < 4.78 is 15.3. The lowest BCUT2D eigenvalue weighted by molar-refractivity contribution is 0.0279. The van der Waals surface area contributed by atoms with E-state index in [4.69, 9.17) is 9.15 Å². The van der Waals surface area contributed by atoms with Gasteiger partial charge in [-0.05, 0) is 24.7 Å². The van der Waals surface area contributed by atoms with Crippen molar-refractivity contribution in [1.29, 1.82) is 0 Å². The molecule has 1 aliphatic rings. The summed E-state index contributed by atoms with van der Waals surface area (Å²) in [6.45, 7) is 8.30. The second kappa shape index (κ2) is 10.4. The summed E-state index contributed by atoms with van der Waals surface area (Å²) in [6, 6.07) is 0. The summed E-state index contributed by atoms with van der Waals surface area (Å²) in [7, 11) is 1.29. The Kier molecular flexibility index (Phi) is 8.17. The van der Waals surface area contributed by atoms with Gasteiger partial charge in [0.2, 0.25) is 5.89 Å². The number of hydrogen-bond acceptors (Lipinski definition) is 6. The van der Waals surface area contributed by atoms with E-state index in [0.717, 1.165) is 0 Å². The van der Waals surface area contributed by atoms with Gasteiger partial charge in [0.05, 0.1) is 13.2 Å². The molecule has 4 atom stereocenters. The first kappa shape index (κ1) is 22.8. The van der Waals surface area contributed by atoms with Crippen molar-refractivity contribution in [1.82, 2.24) is 4.98 Å². The van der Waals surface area contributed by atoms with Gasteiger partial charge in [0.25, 0.3) is 0 Å². The van der Waals surface area contributed by atoms with E-state index in [0.29, 0.717) is 18.2 Å². The van der Waals surface area contributed by atoms with Gasteiger partial charge in [-0.25, -0.2) is 9.78 Å². The van der Waals surface area contributed by atoms with Gasteiger partial charge in [-0.1, -0.05) is 63.3 Å². The number of carbonyl (C=O) groups excluding carboxylic acids is 1. The number of methoxy groups -OCH3 is 1. The van der Waals surface area contributed by atoms with E-state index in [9.17, 15) is 9.90 Å². The molecule has 0 saturated carbocycles. The molecule has 0 aromatic carbocycles. The van der Waals surface area contributed by atoms with Gasteiger partial charge in [0.15, 0.2) is 5.69 Å². The lowest BCUT2D eigenvalue weighted by Gasteiger charge is -2.34. The van der Waals surface area contributed by atoms with Crippen molar-refractivity contribution in [3.63, 3.8) is 0 Å². The van der Waals surface area contributed by atoms with Crippen LogP contribution >= 0.6 is 0 Å². The van der Waals surface area contributed by atoms with Gasteiger partial charge in [-0.3, -0.25) is 0 Å². The molecule has 158 valence electrons. The number of aliphatic hydroxyl groups excluding tert-OH is 1. The normalized spacial score (nSPS) is 22.1. The predicted molar refractivity (Wildman–Crippen MR) is 112 cm³/mol. The van der Waals surface area contributed by atoms with E-state index >= 15 is 0 Å². The van der Waals surface area contributed by atoms with Crippen molar-refractivity contribution in [3.8, 4) is 0 Å². The summed E-state index contributed by atoms with van der Waals surface area (Å²) in [5.41, 5.74) is -0.0590. The smallest absolute Gasteiger partial charge is 0.360 e. The molecule has 2 rings (SSSR count). The third-order valence-corrected chi connectivity index (χ3v) is 5.33. The molecule has 6 heteroatoms. The molecule has 1 aromatic rings. The van der Waals surface area contributed by atoms with Crippen LogP contribution in [0.25, 0.3) is 6.08 Å². The van der Waals surface area contributed by atoms with Crippen LogP contribution in [0, 0.1) is 11.3 Å². The van der Waals surface area contributed by atoms with Crippen LogP contribution in [0.2, 0.25) is 0 Å². The molecule has 29 heavy (non-hydrogen) atoms. The SMILES string of the molecule is C/C=C/[C@H](C)C(C)(C)[C@@H](O)C/C=C\[C@H]1O[C@H]1/C=C/C=C\c1nc(C(=O)OC)co1. The zero-order valence-electron chi connectivity index (χ0n) is 17.7. The third kappa shape index (κ3) is 6.54. The van der Waals surface area contributed by atoms with E-state index in [1.165, 1.54) is 13.4 Å². The number of ether oxygens (including phenoxy) is 2. The van der Waals surface area contributed by atoms with E-state index in [1.807, 2.05) is 37.3 Å². The van der Waals surface area contributed by atoms with E-state index < -0.39 is 12.1 Å². The van der Waals surface area contributed by atoms with Crippen LogP contribution in [-0.4, -0.2) is 41.5 Å². The standard InChI is InChI=1S/C23H31NO5/c1-6-10-16(2)23(3,4)20(25)13-9-12-19-18(29-19)11-7-8-14-21-24-17(15-28-21)22(26)27-5/h6-12,14-16,18-20,25H,13H2,1-5H3/b10-6+,11-7+,12-9-,14-8-/t16-,18-,19+,20-/m0/s1. The molecule has 0 radical (unpaired) electrons. The Morgan fingerprint density at radius 1 is 1.34 bits per heavy atom. The summed E-state index contributed by atoms with van der Waals surface area (Å²) in [5.74, 6) is 0.0876. The van der Waals surface area contributed by atoms with Crippen LogP contribution in [0.3, 0.4) is 0 Å². The Hall–Kier alpha value is -2.44. The number of aromatic nitrogens is 1. The maximum absolute atomic E-state index is 11.3.